The molecule has 0 radical (unpaired) electrons. The summed E-state index contributed by atoms with van der Waals surface area (Å²) < 4.78 is 6.59. The molecular formula is C19H20N2O3. The Balaban J connectivity index is 1.90. The van der Waals surface area contributed by atoms with Gasteiger partial charge in [-0.05, 0) is 30.7 Å². The van der Waals surface area contributed by atoms with E-state index in [1.165, 1.54) is 4.57 Å². The smallest absolute Gasteiger partial charge is 0.408 e. The van der Waals surface area contributed by atoms with E-state index >= 15 is 0 Å². The molecule has 0 unspecified atom stereocenters. The van der Waals surface area contributed by atoms with Crippen molar-refractivity contribution < 1.29 is 9.21 Å². The second-order valence-corrected chi connectivity index (χ2v) is 5.66. The summed E-state index contributed by atoms with van der Waals surface area (Å²) >= 11 is 0. The van der Waals surface area contributed by atoms with Gasteiger partial charge in [0.1, 0.15) is 6.54 Å². The van der Waals surface area contributed by atoms with Gasteiger partial charge in [0.05, 0.1) is 5.52 Å². The third-order valence-corrected chi connectivity index (χ3v) is 3.97. The summed E-state index contributed by atoms with van der Waals surface area (Å²) in [4.78, 5) is 26.6. The van der Waals surface area contributed by atoms with E-state index < -0.39 is 5.76 Å². The molecular weight excluding hydrogens is 304 g/mol. The van der Waals surface area contributed by atoms with Crippen LogP contribution in [0.25, 0.3) is 11.1 Å². The van der Waals surface area contributed by atoms with Crippen LogP contribution in [0.15, 0.2) is 63.8 Å². The summed E-state index contributed by atoms with van der Waals surface area (Å²) in [6.45, 7) is 2.68. The first-order valence-electron chi connectivity index (χ1n) is 8.14. The van der Waals surface area contributed by atoms with Gasteiger partial charge in [-0.15, -0.1) is 0 Å². The summed E-state index contributed by atoms with van der Waals surface area (Å²) in [5, 5.41) is 0. The average Bonchev–Trinajstić information content (AvgIpc) is 2.92. The molecule has 3 rings (SSSR count). The lowest BCUT2D eigenvalue weighted by Gasteiger charge is -2.22. The highest BCUT2D eigenvalue weighted by atomic mass is 16.4. The molecule has 5 nitrogen and oxygen atoms in total. The monoisotopic (exact) mass is 324 g/mol. The molecule has 0 N–H and O–H groups in total. The fraction of sp³-hybridized carbons (Fsp3) is 0.263. The predicted molar refractivity (Wildman–Crippen MR) is 94.2 cm³/mol. The van der Waals surface area contributed by atoms with Gasteiger partial charge in [0.25, 0.3) is 0 Å². The number of nitrogens with zero attached hydrogens (tertiary/aromatic N) is 2. The van der Waals surface area contributed by atoms with E-state index in [1.54, 1.807) is 23.1 Å². The molecule has 2 aromatic carbocycles. The number of amides is 1. The molecule has 24 heavy (non-hydrogen) atoms. The first-order valence-corrected chi connectivity index (χ1v) is 8.14. The Morgan fingerprint density at radius 2 is 1.79 bits per heavy atom. The van der Waals surface area contributed by atoms with Crippen LogP contribution in [-0.4, -0.2) is 17.0 Å². The maximum Gasteiger partial charge on any atom is 0.420 e. The highest BCUT2D eigenvalue weighted by molar-refractivity contribution is 5.93. The molecule has 1 aromatic heterocycles. The minimum absolute atomic E-state index is 0.0333. The van der Waals surface area contributed by atoms with Crippen molar-refractivity contribution in [1.82, 2.24) is 4.57 Å². The SMILES string of the molecule is CCCCN(C(=O)Cn1c(=O)oc2ccccc21)c1ccccc1. The Morgan fingerprint density at radius 1 is 1.08 bits per heavy atom. The van der Waals surface area contributed by atoms with Crippen LogP contribution in [0.2, 0.25) is 0 Å². The number of oxazole rings is 1. The van der Waals surface area contributed by atoms with E-state index in [9.17, 15) is 9.59 Å². The first kappa shape index (κ1) is 16.1. The lowest BCUT2D eigenvalue weighted by atomic mass is 10.2. The number of carbonyl (C=O) groups excluding carboxylic acids is 1. The van der Waals surface area contributed by atoms with Gasteiger partial charge >= 0.3 is 5.76 Å². The normalized spacial score (nSPS) is 10.9. The van der Waals surface area contributed by atoms with E-state index in [0.29, 0.717) is 17.6 Å². The first-order chi connectivity index (χ1) is 11.7. The summed E-state index contributed by atoms with van der Waals surface area (Å²) in [6.07, 6.45) is 1.90. The van der Waals surface area contributed by atoms with Gasteiger partial charge in [0, 0.05) is 12.2 Å². The Morgan fingerprint density at radius 3 is 2.54 bits per heavy atom. The summed E-state index contributed by atoms with van der Waals surface area (Å²) in [5.74, 6) is -0.628. The topological polar surface area (TPSA) is 55.5 Å². The van der Waals surface area contributed by atoms with Crippen molar-refractivity contribution >= 4 is 22.7 Å². The number of benzene rings is 2. The van der Waals surface area contributed by atoms with E-state index in [0.717, 1.165) is 18.5 Å². The molecule has 0 saturated carbocycles. The number of anilines is 1. The molecule has 0 aliphatic carbocycles. The molecule has 1 amide bonds. The van der Waals surface area contributed by atoms with Crippen molar-refractivity contribution in [2.45, 2.75) is 26.3 Å². The van der Waals surface area contributed by atoms with Gasteiger partial charge < -0.3 is 9.32 Å². The largest absolute Gasteiger partial charge is 0.420 e. The van der Waals surface area contributed by atoms with Gasteiger partial charge in [-0.1, -0.05) is 43.7 Å². The third kappa shape index (κ3) is 3.25. The number of carbonyl (C=O) groups is 1. The molecule has 1 heterocycles. The van der Waals surface area contributed by atoms with Gasteiger partial charge in [-0.25, -0.2) is 4.79 Å². The maximum atomic E-state index is 12.8. The standard InChI is InChI=1S/C19H20N2O3/c1-2-3-13-20(15-9-5-4-6-10-15)18(22)14-21-16-11-7-8-12-17(16)24-19(21)23/h4-12H,2-3,13-14H2,1H3. The number of unbranched alkanes of at least 4 members (excludes halogenated alkanes) is 1. The van der Waals surface area contributed by atoms with Crippen molar-refractivity contribution in [3.05, 3.63) is 65.1 Å². The minimum atomic E-state index is -0.506. The number of aromatic nitrogens is 1. The lowest BCUT2D eigenvalue weighted by molar-refractivity contribution is -0.119. The fourth-order valence-corrected chi connectivity index (χ4v) is 2.71. The third-order valence-electron chi connectivity index (χ3n) is 3.97. The molecule has 3 aromatic rings. The molecule has 0 aliphatic rings. The van der Waals surface area contributed by atoms with Gasteiger partial charge in [0.2, 0.25) is 5.91 Å². The van der Waals surface area contributed by atoms with Crippen LogP contribution in [0, 0.1) is 0 Å². The molecule has 0 saturated heterocycles. The highest BCUT2D eigenvalue weighted by Crippen LogP contribution is 2.17. The maximum absolute atomic E-state index is 12.8. The summed E-state index contributed by atoms with van der Waals surface area (Å²) in [5.41, 5.74) is 1.98. The molecule has 0 aliphatic heterocycles. The van der Waals surface area contributed by atoms with Crippen molar-refractivity contribution in [3.8, 4) is 0 Å². The average molecular weight is 324 g/mol. The molecule has 0 fully saturated rings. The van der Waals surface area contributed by atoms with E-state index in [2.05, 4.69) is 6.92 Å². The number of rotatable bonds is 6. The van der Waals surface area contributed by atoms with Gasteiger partial charge in [-0.3, -0.25) is 9.36 Å². The van der Waals surface area contributed by atoms with Crippen LogP contribution in [0.1, 0.15) is 19.8 Å². The van der Waals surface area contributed by atoms with Crippen molar-refractivity contribution in [2.24, 2.45) is 0 Å². The van der Waals surface area contributed by atoms with Crippen LogP contribution >= 0.6 is 0 Å². The van der Waals surface area contributed by atoms with Gasteiger partial charge in [0.15, 0.2) is 5.58 Å². The van der Waals surface area contributed by atoms with E-state index in [1.807, 2.05) is 36.4 Å². The molecule has 124 valence electrons. The molecule has 5 heteroatoms. The zero-order valence-electron chi connectivity index (χ0n) is 13.6. The second kappa shape index (κ2) is 7.17. The fourth-order valence-electron chi connectivity index (χ4n) is 2.71. The second-order valence-electron chi connectivity index (χ2n) is 5.66. The van der Waals surface area contributed by atoms with E-state index in [4.69, 9.17) is 4.42 Å². The predicted octanol–water partition coefficient (Wildman–Crippen LogP) is 3.43. The van der Waals surface area contributed by atoms with Crippen LogP contribution < -0.4 is 10.7 Å². The van der Waals surface area contributed by atoms with Crippen molar-refractivity contribution in [1.29, 1.82) is 0 Å². The Labute approximate surface area is 140 Å². The zero-order valence-corrected chi connectivity index (χ0v) is 13.6. The number of fused-ring (bicyclic) bond motifs is 1. The number of hydrogen-bond acceptors (Lipinski definition) is 3. The number of hydrogen-bond donors (Lipinski definition) is 0. The molecule has 0 atom stereocenters. The summed E-state index contributed by atoms with van der Waals surface area (Å²) in [6, 6.07) is 16.7. The Bertz CT molecular complexity index is 880. The van der Waals surface area contributed by atoms with Crippen LogP contribution in [0.4, 0.5) is 5.69 Å². The molecule has 0 bridgehead atoms. The number of para-hydroxylation sites is 3. The Hall–Kier alpha value is -2.82. The van der Waals surface area contributed by atoms with E-state index in [-0.39, 0.29) is 12.5 Å². The zero-order chi connectivity index (χ0) is 16.9. The Kier molecular flexibility index (Phi) is 4.79. The van der Waals surface area contributed by atoms with Crippen LogP contribution in [-0.2, 0) is 11.3 Å². The summed E-state index contributed by atoms with van der Waals surface area (Å²) in [7, 11) is 0. The van der Waals surface area contributed by atoms with Crippen molar-refractivity contribution in [2.75, 3.05) is 11.4 Å². The lowest BCUT2D eigenvalue weighted by Crippen LogP contribution is -2.36. The van der Waals surface area contributed by atoms with Gasteiger partial charge in [-0.2, -0.15) is 0 Å². The van der Waals surface area contributed by atoms with Crippen LogP contribution in [0.5, 0.6) is 0 Å². The molecule has 0 spiro atoms. The van der Waals surface area contributed by atoms with Crippen LogP contribution in [0.3, 0.4) is 0 Å². The quantitative estimate of drug-likeness (QED) is 0.698. The minimum Gasteiger partial charge on any atom is -0.408 e. The highest BCUT2D eigenvalue weighted by Gasteiger charge is 2.18. The van der Waals surface area contributed by atoms with Crippen molar-refractivity contribution in [3.63, 3.8) is 0 Å².